The monoisotopic (exact) mass is 217 g/mol. The van der Waals surface area contributed by atoms with E-state index in [9.17, 15) is 0 Å². The van der Waals surface area contributed by atoms with E-state index in [4.69, 9.17) is 0 Å². The highest BCUT2D eigenvalue weighted by molar-refractivity contribution is 5.05. The van der Waals surface area contributed by atoms with Gasteiger partial charge in [-0.15, -0.1) is 0 Å². The Kier molecular flexibility index (Phi) is 4.38. The van der Waals surface area contributed by atoms with E-state index in [-0.39, 0.29) is 0 Å². The SMILES string of the molecule is CCCCCC(Cc1ccccn1)C1CC1. The molecule has 0 bridgehead atoms. The molecule has 0 saturated heterocycles. The average molecular weight is 217 g/mol. The fourth-order valence-electron chi connectivity index (χ4n) is 2.52. The molecule has 88 valence electrons. The second-order valence-corrected chi connectivity index (χ2v) is 5.12. The summed E-state index contributed by atoms with van der Waals surface area (Å²) in [6.45, 7) is 2.28. The van der Waals surface area contributed by atoms with Crippen molar-refractivity contribution in [2.75, 3.05) is 0 Å². The average Bonchev–Trinajstić information content (AvgIpc) is 3.13. The molecule has 1 aromatic rings. The first-order valence-electron chi connectivity index (χ1n) is 6.80. The smallest absolute Gasteiger partial charge is 0.0406 e. The summed E-state index contributed by atoms with van der Waals surface area (Å²) >= 11 is 0. The summed E-state index contributed by atoms with van der Waals surface area (Å²) in [7, 11) is 0. The van der Waals surface area contributed by atoms with Crippen LogP contribution in [0.3, 0.4) is 0 Å². The molecule has 16 heavy (non-hydrogen) atoms. The van der Waals surface area contributed by atoms with Gasteiger partial charge in [-0.25, -0.2) is 0 Å². The lowest BCUT2D eigenvalue weighted by Crippen LogP contribution is -2.08. The summed E-state index contributed by atoms with van der Waals surface area (Å²) in [5, 5.41) is 0. The minimum Gasteiger partial charge on any atom is -0.261 e. The van der Waals surface area contributed by atoms with E-state index < -0.39 is 0 Å². The molecule has 0 aliphatic heterocycles. The Bertz CT molecular complexity index is 290. The quantitative estimate of drug-likeness (QED) is 0.623. The second kappa shape index (κ2) is 6.03. The minimum atomic E-state index is 0.904. The lowest BCUT2D eigenvalue weighted by Gasteiger charge is -2.15. The van der Waals surface area contributed by atoms with Crippen LogP contribution in [0.2, 0.25) is 0 Å². The van der Waals surface area contributed by atoms with Gasteiger partial charge >= 0.3 is 0 Å². The number of rotatable bonds is 7. The third kappa shape index (κ3) is 3.62. The Balaban J connectivity index is 1.83. The molecule has 0 amide bonds. The number of nitrogens with zero attached hydrogens (tertiary/aromatic N) is 1. The van der Waals surface area contributed by atoms with Crippen LogP contribution < -0.4 is 0 Å². The zero-order chi connectivity index (χ0) is 11.2. The fourth-order valence-corrected chi connectivity index (χ4v) is 2.52. The molecule has 1 aliphatic rings. The number of hydrogen-bond donors (Lipinski definition) is 0. The maximum absolute atomic E-state index is 4.46. The van der Waals surface area contributed by atoms with Crippen molar-refractivity contribution in [3.05, 3.63) is 30.1 Å². The van der Waals surface area contributed by atoms with Gasteiger partial charge in [-0.1, -0.05) is 32.3 Å². The summed E-state index contributed by atoms with van der Waals surface area (Å²) < 4.78 is 0. The van der Waals surface area contributed by atoms with Crippen molar-refractivity contribution >= 4 is 0 Å². The Hall–Kier alpha value is -0.850. The molecule has 1 saturated carbocycles. The van der Waals surface area contributed by atoms with E-state index >= 15 is 0 Å². The predicted octanol–water partition coefficient (Wildman–Crippen LogP) is 4.23. The van der Waals surface area contributed by atoms with Gasteiger partial charge < -0.3 is 0 Å². The van der Waals surface area contributed by atoms with Crippen LogP contribution in [0.1, 0.15) is 51.1 Å². The van der Waals surface area contributed by atoms with Gasteiger partial charge in [0.25, 0.3) is 0 Å². The Morgan fingerprint density at radius 2 is 2.19 bits per heavy atom. The molecule has 2 rings (SSSR count). The predicted molar refractivity (Wildman–Crippen MR) is 68.3 cm³/mol. The van der Waals surface area contributed by atoms with Crippen molar-refractivity contribution in [1.29, 1.82) is 0 Å². The first-order chi connectivity index (χ1) is 7.90. The highest BCUT2D eigenvalue weighted by atomic mass is 14.7. The molecule has 1 heteroatoms. The van der Waals surface area contributed by atoms with Crippen LogP contribution in [-0.4, -0.2) is 4.98 Å². The summed E-state index contributed by atoms with van der Waals surface area (Å²) in [6.07, 6.45) is 11.6. The summed E-state index contributed by atoms with van der Waals surface area (Å²) in [5.41, 5.74) is 1.29. The molecule has 0 spiro atoms. The van der Waals surface area contributed by atoms with Crippen LogP contribution in [-0.2, 0) is 6.42 Å². The number of aromatic nitrogens is 1. The number of hydrogen-bond acceptors (Lipinski definition) is 1. The first kappa shape index (κ1) is 11.6. The molecule has 1 atom stereocenters. The summed E-state index contributed by atoms with van der Waals surface area (Å²) in [6, 6.07) is 6.29. The molecule has 1 fully saturated rings. The first-order valence-corrected chi connectivity index (χ1v) is 6.80. The van der Waals surface area contributed by atoms with Gasteiger partial charge in [0.05, 0.1) is 0 Å². The van der Waals surface area contributed by atoms with E-state index in [1.807, 2.05) is 12.3 Å². The van der Waals surface area contributed by atoms with Crippen molar-refractivity contribution in [2.45, 2.75) is 51.9 Å². The van der Waals surface area contributed by atoms with Crippen molar-refractivity contribution in [3.63, 3.8) is 0 Å². The maximum atomic E-state index is 4.46. The normalized spacial score (nSPS) is 17.3. The van der Waals surface area contributed by atoms with Crippen LogP contribution >= 0.6 is 0 Å². The summed E-state index contributed by atoms with van der Waals surface area (Å²) in [5.74, 6) is 1.92. The Labute approximate surface area is 99.3 Å². The molecular formula is C15H23N. The molecule has 1 aromatic heterocycles. The molecule has 1 heterocycles. The summed E-state index contributed by atoms with van der Waals surface area (Å²) in [4.78, 5) is 4.46. The van der Waals surface area contributed by atoms with Gasteiger partial charge in [-0.3, -0.25) is 4.98 Å². The topological polar surface area (TPSA) is 12.9 Å². The van der Waals surface area contributed by atoms with Crippen molar-refractivity contribution in [1.82, 2.24) is 4.98 Å². The third-order valence-electron chi connectivity index (χ3n) is 3.66. The maximum Gasteiger partial charge on any atom is 0.0406 e. The van der Waals surface area contributed by atoms with Crippen molar-refractivity contribution < 1.29 is 0 Å². The van der Waals surface area contributed by atoms with Gasteiger partial charge in [0.1, 0.15) is 0 Å². The van der Waals surface area contributed by atoms with Crippen LogP contribution in [0, 0.1) is 11.8 Å². The molecule has 1 aliphatic carbocycles. The molecule has 0 radical (unpaired) electrons. The lowest BCUT2D eigenvalue weighted by atomic mass is 9.91. The Morgan fingerprint density at radius 1 is 1.31 bits per heavy atom. The van der Waals surface area contributed by atoms with E-state index in [0.29, 0.717) is 0 Å². The van der Waals surface area contributed by atoms with Crippen LogP contribution in [0.4, 0.5) is 0 Å². The second-order valence-electron chi connectivity index (χ2n) is 5.12. The molecule has 1 nitrogen and oxygen atoms in total. The van der Waals surface area contributed by atoms with Crippen LogP contribution in [0.5, 0.6) is 0 Å². The zero-order valence-electron chi connectivity index (χ0n) is 10.4. The lowest BCUT2D eigenvalue weighted by molar-refractivity contribution is 0.402. The standard InChI is InChI=1S/C15H23N/c1-2-3-4-7-14(13-9-10-13)12-15-8-5-6-11-16-15/h5-6,8,11,13-14H,2-4,7,9-10,12H2,1H3. The fraction of sp³-hybridized carbons (Fsp3) is 0.667. The van der Waals surface area contributed by atoms with E-state index in [1.165, 1.54) is 50.6 Å². The minimum absolute atomic E-state index is 0.904. The third-order valence-corrected chi connectivity index (χ3v) is 3.66. The van der Waals surface area contributed by atoms with Crippen molar-refractivity contribution in [2.24, 2.45) is 11.8 Å². The molecule has 1 unspecified atom stereocenters. The molecule has 0 aromatic carbocycles. The molecular weight excluding hydrogens is 194 g/mol. The van der Waals surface area contributed by atoms with E-state index in [1.54, 1.807) is 0 Å². The van der Waals surface area contributed by atoms with Crippen LogP contribution in [0.15, 0.2) is 24.4 Å². The van der Waals surface area contributed by atoms with Crippen molar-refractivity contribution in [3.8, 4) is 0 Å². The highest BCUT2D eigenvalue weighted by Crippen LogP contribution is 2.40. The van der Waals surface area contributed by atoms with Gasteiger partial charge in [0, 0.05) is 11.9 Å². The van der Waals surface area contributed by atoms with Gasteiger partial charge in [-0.05, 0) is 49.7 Å². The van der Waals surface area contributed by atoms with Gasteiger partial charge in [0.2, 0.25) is 0 Å². The number of pyridine rings is 1. The number of unbranched alkanes of at least 4 members (excludes halogenated alkanes) is 2. The van der Waals surface area contributed by atoms with Crippen LogP contribution in [0.25, 0.3) is 0 Å². The highest BCUT2D eigenvalue weighted by Gasteiger charge is 2.30. The Morgan fingerprint density at radius 3 is 2.81 bits per heavy atom. The molecule has 0 N–H and O–H groups in total. The van der Waals surface area contributed by atoms with E-state index in [2.05, 4.69) is 24.0 Å². The zero-order valence-corrected chi connectivity index (χ0v) is 10.4. The van der Waals surface area contributed by atoms with E-state index in [0.717, 1.165) is 11.8 Å². The largest absolute Gasteiger partial charge is 0.261 e. The van der Waals surface area contributed by atoms with Gasteiger partial charge in [0.15, 0.2) is 0 Å². The van der Waals surface area contributed by atoms with Gasteiger partial charge in [-0.2, -0.15) is 0 Å².